The fraction of sp³-hybridized carbons (Fsp3) is 0.308. The summed E-state index contributed by atoms with van der Waals surface area (Å²) in [7, 11) is 0. The van der Waals surface area contributed by atoms with Crippen molar-refractivity contribution in [1.29, 1.82) is 0 Å². The molecule has 0 bridgehead atoms. The third-order valence-corrected chi connectivity index (χ3v) is 4.75. The molecule has 0 aliphatic rings. The molecule has 0 spiro atoms. The fourth-order valence-corrected chi connectivity index (χ4v) is 3.08. The van der Waals surface area contributed by atoms with E-state index in [0.717, 1.165) is 10.5 Å². The van der Waals surface area contributed by atoms with Gasteiger partial charge in [0, 0.05) is 35.6 Å². The first-order valence-corrected chi connectivity index (χ1v) is 10.4. The molecule has 3 aromatic rings. The Kier molecular flexibility index (Phi) is 6.70. The molecule has 0 aliphatic carbocycles. The molecule has 1 N–H and O–H groups in total. The van der Waals surface area contributed by atoms with E-state index in [2.05, 4.69) is 0 Å². The van der Waals surface area contributed by atoms with Gasteiger partial charge >= 0.3 is 5.97 Å². The zero-order valence-corrected chi connectivity index (χ0v) is 18.2. The highest BCUT2D eigenvalue weighted by Crippen LogP contribution is 2.24. The lowest BCUT2D eigenvalue weighted by molar-refractivity contribution is -0.137. The summed E-state index contributed by atoms with van der Waals surface area (Å²) in [6.45, 7) is 0.733. The number of benzene rings is 2. The molecule has 0 atom stereocenters. The van der Waals surface area contributed by atoms with Crippen molar-refractivity contribution in [3.63, 3.8) is 0 Å². The van der Waals surface area contributed by atoms with Crippen LogP contribution in [0.2, 0.25) is 0 Å². The highest BCUT2D eigenvalue weighted by atomic mass is 16.5. The zero-order chi connectivity index (χ0) is 25.6. The van der Waals surface area contributed by atoms with E-state index < -0.39 is 24.4 Å². The number of amides is 1. The van der Waals surface area contributed by atoms with E-state index in [1.165, 1.54) is 19.9 Å². The molecule has 168 valence electrons. The molecule has 0 fully saturated rings. The van der Waals surface area contributed by atoms with E-state index in [1.807, 2.05) is 0 Å². The van der Waals surface area contributed by atoms with Crippen molar-refractivity contribution in [2.45, 2.75) is 45.6 Å². The van der Waals surface area contributed by atoms with Crippen LogP contribution in [0.5, 0.6) is 5.75 Å². The molecule has 0 unspecified atom stereocenters. The first-order valence-electron chi connectivity index (χ1n) is 11.9. The number of nitrogens with zero attached hydrogens (tertiary/aromatic N) is 1. The summed E-state index contributed by atoms with van der Waals surface area (Å²) >= 11 is 0. The number of carboxylic acids is 1. The summed E-state index contributed by atoms with van der Waals surface area (Å²) in [6.07, 6.45) is 2.50. The largest absolute Gasteiger partial charge is 0.493 e. The summed E-state index contributed by atoms with van der Waals surface area (Å²) in [4.78, 5) is 25.1. The average molecular weight is 439 g/mol. The van der Waals surface area contributed by atoms with Gasteiger partial charge in [-0.1, -0.05) is 30.3 Å². The Balaban J connectivity index is 1.87. The topological polar surface area (TPSA) is 80.0 Å². The Morgan fingerprint density at radius 2 is 1.84 bits per heavy atom. The van der Waals surface area contributed by atoms with Crippen LogP contribution in [0, 0.1) is 0 Å². The lowest BCUT2D eigenvalue weighted by Crippen LogP contribution is -2.36. The average Bonchev–Trinajstić information content (AvgIpc) is 3.33. The van der Waals surface area contributed by atoms with Crippen LogP contribution in [0.4, 0.5) is 0 Å². The number of hydrogen-bond donors (Lipinski definition) is 1. The molecule has 2 aromatic carbocycles. The number of furan rings is 1. The SMILES string of the molecule is [2H]C(C)(C)N(C(=O)c1ccc(-c2ccco2)cc1)C([2H])([2H])c1ccccc1OCCCCC(=O)O. The number of para-hydroxylation sites is 1. The quantitative estimate of drug-likeness (QED) is 0.392. The molecular formula is C26H29NO5. The fourth-order valence-electron chi connectivity index (χ4n) is 3.08. The second-order valence-corrected chi connectivity index (χ2v) is 7.45. The van der Waals surface area contributed by atoms with Crippen LogP contribution in [-0.4, -0.2) is 34.5 Å². The molecule has 0 aliphatic heterocycles. The number of unbranched alkanes of at least 4 members (excludes halogenated alkanes) is 1. The second-order valence-electron chi connectivity index (χ2n) is 7.45. The predicted molar refractivity (Wildman–Crippen MR) is 123 cm³/mol. The van der Waals surface area contributed by atoms with Crippen molar-refractivity contribution in [1.82, 2.24) is 4.90 Å². The minimum absolute atomic E-state index is 0.0276. The second kappa shape index (κ2) is 11.2. The molecule has 1 aromatic heterocycles. The summed E-state index contributed by atoms with van der Waals surface area (Å²) in [5.41, 5.74) is 1.11. The minimum Gasteiger partial charge on any atom is -0.493 e. The Labute approximate surface area is 192 Å². The molecule has 1 heterocycles. The number of carboxylic acid groups (broad SMARTS) is 1. The highest BCUT2D eigenvalue weighted by molar-refractivity contribution is 5.94. The summed E-state index contributed by atoms with van der Waals surface area (Å²) < 4.78 is 37.5. The summed E-state index contributed by atoms with van der Waals surface area (Å²) in [5, 5.41) is 8.78. The maximum atomic E-state index is 13.5. The lowest BCUT2D eigenvalue weighted by Gasteiger charge is -2.28. The molecule has 1 amide bonds. The number of aliphatic carboxylic acids is 1. The van der Waals surface area contributed by atoms with Crippen molar-refractivity contribution in [2.24, 2.45) is 0 Å². The van der Waals surface area contributed by atoms with Gasteiger partial charge in [-0.15, -0.1) is 0 Å². The molecule has 6 heteroatoms. The molecule has 3 rings (SSSR count). The van der Waals surface area contributed by atoms with Crippen molar-refractivity contribution in [3.8, 4) is 17.1 Å². The number of rotatable bonds is 11. The van der Waals surface area contributed by atoms with Gasteiger partial charge in [-0.2, -0.15) is 0 Å². The number of carbonyl (C=O) groups is 2. The maximum Gasteiger partial charge on any atom is 0.303 e. The third kappa shape index (κ3) is 6.23. The van der Waals surface area contributed by atoms with Crippen LogP contribution >= 0.6 is 0 Å². The first-order chi connectivity index (χ1) is 16.5. The van der Waals surface area contributed by atoms with Gasteiger partial charge in [-0.3, -0.25) is 9.59 Å². The van der Waals surface area contributed by atoms with Gasteiger partial charge in [0.25, 0.3) is 5.91 Å². The smallest absolute Gasteiger partial charge is 0.303 e. The summed E-state index contributed by atoms with van der Waals surface area (Å²) in [5.74, 6) is -0.641. The molecular weight excluding hydrogens is 406 g/mol. The Morgan fingerprint density at radius 3 is 2.50 bits per heavy atom. The van der Waals surface area contributed by atoms with Gasteiger partial charge in [0.1, 0.15) is 11.5 Å². The van der Waals surface area contributed by atoms with E-state index >= 15 is 0 Å². The van der Waals surface area contributed by atoms with E-state index in [0.29, 0.717) is 18.6 Å². The Bertz CT molecular complexity index is 1140. The van der Waals surface area contributed by atoms with Crippen molar-refractivity contribution < 1.29 is 28.0 Å². The lowest BCUT2D eigenvalue weighted by atomic mass is 10.1. The molecule has 32 heavy (non-hydrogen) atoms. The molecule has 6 nitrogen and oxygen atoms in total. The third-order valence-electron chi connectivity index (χ3n) is 4.75. The Morgan fingerprint density at radius 1 is 1.09 bits per heavy atom. The first kappa shape index (κ1) is 19.2. The molecule has 0 saturated carbocycles. The van der Waals surface area contributed by atoms with Crippen molar-refractivity contribution in [2.75, 3.05) is 6.61 Å². The van der Waals surface area contributed by atoms with E-state index in [1.54, 1.807) is 60.9 Å². The molecule has 0 saturated heterocycles. The van der Waals surface area contributed by atoms with E-state index in [-0.39, 0.29) is 29.9 Å². The van der Waals surface area contributed by atoms with Crippen LogP contribution in [0.25, 0.3) is 11.3 Å². The van der Waals surface area contributed by atoms with Gasteiger partial charge in [0.2, 0.25) is 0 Å². The van der Waals surface area contributed by atoms with Gasteiger partial charge in [0.15, 0.2) is 0 Å². The van der Waals surface area contributed by atoms with Crippen LogP contribution in [-0.2, 0) is 11.3 Å². The van der Waals surface area contributed by atoms with E-state index in [9.17, 15) is 9.59 Å². The van der Waals surface area contributed by atoms with Crippen molar-refractivity contribution in [3.05, 3.63) is 78.1 Å². The van der Waals surface area contributed by atoms with Gasteiger partial charge in [-0.25, -0.2) is 0 Å². The highest BCUT2D eigenvalue weighted by Gasteiger charge is 2.21. The monoisotopic (exact) mass is 438 g/mol. The van der Waals surface area contributed by atoms with Gasteiger partial charge < -0.3 is 19.2 Å². The van der Waals surface area contributed by atoms with Crippen molar-refractivity contribution >= 4 is 11.9 Å². The minimum atomic E-state index is -2.38. The number of ether oxygens (including phenoxy) is 1. The van der Waals surface area contributed by atoms with Gasteiger partial charge in [-0.05, 0) is 57.0 Å². The van der Waals surface area contributed by atoms with Gasteiger partial charge in [0.05, 0.1) is 17.0 Å². The maximum absolute atomic E-state index is 13.5. The predicted octanol–water partition coefficient (Wildman–Crippen LogP) is 5.63. The standard InChI is InChI=1S/C26H29NO5/c1-19(2)27(26(30)21-14-12-20(13-15-21)23-10-7-17-32-23)18-22-8-3-4-9-24(22)31-16-6-5-11-25(28)29/h3-4,7-10,12-15,17,19H,5-6,11,16,18H2,1-2H3,(H,28,29)/i18D2,19D. The number of hydrogen-bond acceptors (Lipinski definition) is 4. The van der Waals surface area contributed by atoms with Crippen LogP contribution in [0.1, 0.15) is 53.1 Å². The Hall–Kier alpha value is -3.54. The van der Waals surface area contributed by atoms with Crippen LogP contribution in [0.15, 0.2) is 71.3 Å². The summed E-state index contributed by atoms with van der Waals surface area (Å²) in [6, 6.07) is 15.0. The normalized spacial score (nSPS) is 13.0. The zero-order valence-electron chi connectivity index (χ0n) is 21.2. The van der Waals surface area contributed by atoms with E-state index in [4.69, 9.17) is 18.4 Å². The van der Waals surface area contributed by atoms with Crippen LogP contribution in [0.3, 0.4) is 0 Å². The van der Waals surface area contributed by atoms with Crippen LogP contribution < -0.4 is 4.74 Å². The number of carbonyl (C=O) groups excluding carboxylic acids is 1. The molecule has 0 radical (unpaired) electrons.